The van der Waals surface area contributed by atoms with Crippen molar-refractivity contribution >= 4 is 12.4 Å². The molecule has 14 heavy (non-hydrogen) atoms. The van der Waals surface area contributed by atoms with Crippen LogP contribution in [0.2, 0.25) is 0 Å². The molecule has 0 fully saturated rings. The summed E-state index contributed by atoms with van der Waals surface area (Å²) in [7, 11) is 0. The van der Waals surface area contributed by atoms with Crippen molar-refractivity contribution < 1.29 is 18.0 Å². The molecule has 0 radical (unpaired) electrons. The van der Waals surface area contributed by atoms with Crippen LogP contribution in [0.4, 0.5) is 13.2 Å². The first-order valence-electron chi connectivity index (χ1n) is 3.90. The van der Waals surface area contributed by atoms with Crippen molar-refractivity contribution in [2.45, 2.75) is 6.42 Å². The first-order valence-corrected chi connectivity index (χ1v) is 3.90. The summed E-state index contributed by atoms with van der Waals surface area (Å²) in [6.45, 7) is 0. The summed E-state index contributed by atoms with van der Waals surface area (Å²) in [6, 6.07) is 1.21. The molecule has 0 saturated heterocycles. The van der Waals surface area contributed by atoms with Crippen LogP contribution in [0.15, 0.2) is 18.2 Å². The molecule has 4 heteroatoms. The van der Waals surface area contributed by atoms with E-state index in [-0.39, 0.29) is 12.0 Å². The fourth-order valence-electron chi connectivity index (χ4n) is 0.916. The van der Waals surface area contributed by atoms with Gasteiger partial charge in [0.2, 0.25) is 0 Å². The predicted molar refractivity (Wildman–Crippen MR) is 46.0 cm³/mol. The number of carbonyl (C=O) groups excluding carboxylic acids is 1. The average molecular weight is 200 g/mol. The fraction of sp³-hybridized carbons (Fsp3) is 0.100. The molecule has 0 heterocycles. The second kappa shape index (κ2) is 4.60. The fourth-order valence-corrected chi connectivity index (χ4v) is 0.916. The smallest absolute Gasteiger partial charge is 0.161 e. The minimum absolute atomic E-state index is 0.0780. The van der Waals surface area contributed by atoms with E-state index >= 15 is 0 Å². The second-order valence-electron chi connectivity index (χ2n) is 2.59. The van der Waals surface area contributed by atoms with Gasteiger partial charge in [-0.15, -0.1) is 0 Å². The maximum absolute atomic E-state index is 12.9. The summed E-state index contributed by atoms with van der Waals surface area (Å²) in [5.41, 5.74) is -0.0780. The summed E-state index contributed by atoms with van der Waals surface area (Å²) in [4.78, 5) is 9.92. The molecule has 0 bridgehead atoms. The van der Waals surface area contributed by atoms with Gasteiger partial charge < -0.3 is 4.79 Å². The van der Waals surface area contributed by atoms with Crippen LogP contribution in [0, 0.1) is 17.5 Å². The van der Waals surface area contributed by atoms with E-state index in [0.717, 1.165) is 6.07 Å². The monoisotopic (exact) mass is 200 g/mol. The standard InChI is InChI=1S/C10H7F3O/c11-8-6-10(13)9(12)5-7(8)3-1-2-4-14/h1,3-6H,2H2/b3-1+. The number of carbonyl (C=O) groups is 1. The largest absolute Gasteiger partial charge is 0.303 e. The highest BCUT2D eigenvalue weighted by molar-refractivity contribution is 5.58. The van der Waals surface area contributed by atoms with Crippen LogP contribution in [0.1, 0.15) is 12.0 Å². The topological polar surface area (TPSA) is 17.1 Å². The molecule has 1 nitrogen and oxygen atoms in total. The van der Waals surface area contributed by atoms with Gasteiger partial charge in [0.15, 0.2) is 11.6 Å². The molecule has 74 valence electrons. The van der Waals surface area contributed by atoms with Gasteiger partial charge in [0.25, 0.3) is 0 Å². The minimum atomic E-state index is -1.23. The highest BCUT2D eigenvalue weighted by atomic mass is 19.2. The van der Waals surface area contributed by atoms with E-state index in [1.807, 2.05) is 0 Å². The molecule has 0 unspecified atom stereocenters. The van der Waals surface area contributed by atoms with Gasteiger partial charge in [0.1, 0.15) is 12.1 Å². The molecule has 1 aromatic carbocycles. The molecular formula is C10H7F3O. The Bertz CT molecular complexity index is 372. The van der Waals surface area contributed by atoms with Gasteiger partial charge in [-0.25, -0.2) is 13.2 Å². The van der Waals surface area contributed by atoms with Crippen LogP contribution in [-0.4, -0.2) is 6.29 Å². The Morgan fingerprint density at radius 2 is 1.71 bits per heavy atom. The molecule has 0 amide bonds. The van der Waals surface area contributed by atoms with E-state index in [1.54, 1.807) is 0 Å². The summed E-state index contributed by atoms with van der Waals surface area (Å²) in [5.74, 6) is -3.20. The van der Waals surface area contributed by atoms with Gasteiger partial charge in [-0.05, 0) is 6.07 Å². The lowest BCUT2D eigenvalue weighted by atomic mass is 10.2. The van der Waals surface area contributed by atoms with Gasteiger partial charge in [-0.2, -0.15) is 0 Å². The Hall–Kier alpha value is -1.58. The van der Waals surface area contributed by atoms with Gasteiger partial charge >= 0.3 is 0 Å². The lowest BCUT2D eigenvalue weighted by Crippen LogP contribution is -1.90. The normalized spacial score (nSPS) is 10.8. The Kier molecular flexibility index (Phi) is 3.45. The lowest BCUT2D eigenvalue weighted by Gasteiger charge is -1.97. The first-order chi connectivity index (χ1) is 6.65. The Morgan fingerprint density at radius 3 is 2.36 bits per heavy atom. The van der Waals surface area contributed by atoms with Crippen molar-refractivity contribution in [1.29, 1.82) is 0 Å². The number of allylic oxidation sites excluding steroid dienone is 1. The Balaban J connectivity index is 2.97. The Labute approximate surface area is 78.9 Å². The third kappa shape index (κ3) is 2.45. The molecule has 1 aromatic rings. The predicted octanol–water partition coefficient (Wildman–Crippen LogP) is 2.71. The zero-order chi connectivity index (χ0) is 10.6. The molecular weight excluding hydrogens is 193 g/mol. The number of benzene rings is 1. The van der Waals surface area contributed by atoms with Crippen LogP contribution in [0.25, 0.3) is 6.08 Å². The van der Waals surface area contributed by atoms with Crippen molar-refractivity contribution in [3.05, 3.63) is 41.2 Å². The average Bonchev–Trinajstić information content (AvgIpc) is 2.14. The lowest BCUT2D eigenvalue weighted by molar-refractivity contribution is -0.107. The quantitative estimate of drug-likeness (QED) is 0.541. The first kappa shape index (κ1) is 10.5. The summed E-state index contributed by atoms with van der Waals surface area (Å²) >= 11 is 0. The van der Waals surface area contributed by atoms with Crippen molar-refractivity contribution in [3.8, 4) is 0 Å². The van der Waals surface area contributed by atoms with E-state index in [2.05, 4.69) is 0 Å². The number of halogens is 3. The SMILES string of the molecule is O=CC/C=C/c1cc(F)c(F)cc1F. The van der Waals surface area contributed by atoms with E-state index in [9.17, 15) is 18.0 Å². The molecule has 0 aliphatic heterocycles. The van der Waals surface area contributed by atoms with Crippen LogP contribution in [0.3, 0.4) is 0 Å². The molecule has 0 aliphatic carbocycles. The number of rotatable bonds is 3. The van der Waals surface area contributed by atoms with Gasteiger partial charge in [0.05, 0.1) is 0 Å². The molecule has 1 rings (SSSR count). The van der Waals surface area contributed by atoms with Crippen molar-refractivity contribution in [3.63, 3.8) is 0 Å². The highest BCUT2D eigenvalue weighted by Gasteiger charge is 2.06. The zero-order valence-electron chi connectivity index (χ0n) is 7.14. The van der Waals surface area contributed by atoms with Crippen LogP contribution >= 0.6 is 0 Å². The van der Waals surface area contributed by atoms with Crippen molar-refractivity contribution in [2.75, 3.05) is 0 Å². The number of aldehydes is 1. The summed E-state index contributed by atoms with van der Waals surface area (Å²) < 4.78 is 38.0. The number of hydrogen-bond acceptors (Lipinski definition) is 1. The molecule has 0 saturated carbocycles. The molecule has 0 aromatic heterocycles. The van der Waals surface area contributed by atoms with Gasteiger partial charge in [-0.3, -0.25) is 0 Å². The molecule has 0 atom stereocenters. The number of hydrogen-bond donors (Lipinski definition) is 0. The van der Waals surface area contributed by atoms with E-state index < -0.39 is 17.5 Å². The van der Waals surface area contributed by atoms with E-state index in [0.29, 0.717) is 12.4 Å². The summed E-state index contributed by atoms with van der Waals surface area (Å²) in [6.07, 6.45) is 3.32. The van der Waals surface area contributed by atoms with Gasteiger partial charge in [-0.1, -0.05) is 12.2 Å². The molecule has 0 spiro atoms. The Morgan fingerprint density at radius 1 is 1.07 bits per heavy atom. The summed E-state index contributed by atoms with van der Waals surface area (Å²) in [5, 5.41) is 0. The van der Waals surface area contributed by atoms with E-state index in [4.69, 9.17) is 0 Å². The zero-order valence-corrected chi connectivity index (χ0v) is 7.14. The molecule has 0 N–H and O–H groups in total. The minimum Gasteiger partial charge on any atom is -0.303 e. The van der Waals surface area contributed by atoms with Crippen molar-refractivity contribution in [2.24, 2.45) is 0 Å². The van der Waals surface area contributed by atoms with E-state index in [1.165, 1.54) is 12.2 Å². The maximum Gasteiger partial charge on any atom is 0.161 e. The third-order valence-corrected chi connectivity index (χ3v) is 1.57. The maximum atomic E-state index is 12.9. The van der Waals surface area contributed by atoms with Crippen LogP contribution < -0.4 is 0 Å². The third-order valence-electron chi connectivity index (χ3n) is 1.57. The van der Waals surface area contributed by atoms with Crippen LogP contribution in [0.5, 0.6) is 0 Å². The highest BCUT2D eigenvalue weighted by Crippen LogP contribution is 2.14. The molecule has 0 aliphatic rings. The van der Waals surface area contributed by atoms with Gasteiger partial charge in [0, 0.05) is 18.1 Å². The van der Waals surface area contributed by atoms with Crippen LogP contribution in [-0.2, 0) is 4.79 Å². The second-order valence-corrected chi connectivity index (χ2v) is 2.59. The van der Waals surface area contributed by atoms with Crippen molar-refractivity contribution in [1.82, 2.24) is 0 Å².